The number of methoxy groups -OCH3 is 1. The van der Waals surface area contributed by atoms with Crippen LogP contribution < -0.4 is 10.1 Å². The molecule has 1 aromatic carbocycles. The Kier molecular flexibility index (Phi) is 4.87. The number of hydrogen-bond acceptors (Lipinski definition) is 5. The van der Waals surface area contributed by atoms with Crippen LogP contribution >= 0.6 is 23.4 Å². The minimum atomic E-state index is 0.437. The van der Waals surface area contributed by atoms with E-state index in [9.17, 15) is 0 Å². The van der Waals surface area contributed by atoms with Gasteiger partial charge in [0.2, 0.25) is 0 Å². The Labute approximate surface area is 121 Å². The van der Waals surface area contributed by atoms with Crippen molar-refractivity contribution in [1.29, 1.82) is 0 Å². The molecule has 0 amide bonds. The smallest absolute Gasteiger partial charge is 0.190 e. The fourth-order valence-electron chi connectivity index (χ4n) is 1.55. The highest BCUT2D eigenvalue weighted by atomic mass is 35.5. The first-order chi connectivity index (χ1) is 9.21. The number of nitrogens with one attached hydrogen (secondary N) is 1. The van der Waals surface area contributed by atoms with Crippen molar-refractivity contribution in [2.24, 2.45) is 0 Å². The third-order valence-electron chi connectivity index (χ3n) is 2.46. The molecule has 0 fully saturated rings. The topological polar surface area (TPSA) is 47.0 Å². The van der Waals surface area contributed by atoms with Crippen LogP contribution in [0.25, 0.3) is 0 Å². The fraction of sp³-hybridized carbons (Fsp3) is 0.231. The molecule has 100 valence electrons. The van der Waals surface area contributed by atoms with Gasteiger partial charge in [0, 0.05) is 12.6 Å². The van der Waals surface area contributed by atoms with Crippen LogP contribution in [0.4, 0.5) is 5.82 Å². The maximum Gasteiger partial charge on any atom is 0.190 e. The molecule has 0 aliphatic rings. The number of nitrogens with zero attached hydrogens (tertiary/aromatic N) is 2. The summed E-state index contributed by atoms with van der Waals surface area (Å²) in [7, 11) is 1.65. The molecule has 0 saturated carbocycles. The van der Waals surface area contributed by atoms with Crippen molar-refractivity contribution in [3.63, 3.8) is 0 Å². The lowest BCUT2D eigenvalue weighted by atomic mass is 10.2. The number of rotatable bonds is 5. The number of aromatic nitrogens is 2. The second-order valence-electron chi connectivity index (χ2n) is 3.77. The zero-order valence-electron chi connectivity index (χ0n) is 10.7. The molecular weight excluding hydrogens is 282 g/mol. The molecule has 1 heterocycles. The lowest BCUT2D eigenvalue weighted by molar-refractivity contribution is 0.414. The third kappa shape index (κ3) is 4.01. The van der Waals surface area contributed by atoms with Crippen LogP contribution in [0, 0.1) is 0 Å². The summed E-state index contributed by atoms with van der Waals surface area (Å²) in [6.07, 6.45) is 1.91. The largest absolute Gasteiger partial charge is 0.497 e. The molecule has 0 radical (unpaired) electrons. The number of ether oxygens (including phenoxy) is 1. The fourth-order valence-corrected chi connectivity index (χ4v) is 2.17. The van der Waals surface area contributed by atoms with Crippen molar-refractivity contribution in [3.05, 3.63) is 41.0 Å². The number of anilines is 1. The SMILES string of the molecule is COc1cccc(CNc2cc(Cl)nc(SC)n2)c1. The van der Waals surface area contributed by atoms with Crippen molar-refractivity contribution in [1.82, 2.24) is 9.97 Å². The Balaban J connectivity index is 2.07. The molecule has 0 unspecified atom stereocenters. The molecule has 1 N–H and O–H groups in total. The lowest BCUT2D eigenvalue weighted by Gasteiger charge is -2.08. The summed E-state index contributed by atoms with van der Waals surface area (Å²) in [4.78, 5) is 8.43. The zero-order valence-corrected chi connectivity index (χ0v) is 12.3. The minimum absolute atomic E-state index is 0.437. The summed E-state index contributed by atoms with van der Waals surface area (Å²) in [5, 5.41) is 4.31. The van der Waals surface area contributed by atoms with E-state index in [2.05, 4.69) is 15.3 Å². The van der Waals surface area contributed by atoms with Crippen molar-refractivity contribution in [3.8, 4) is 5.75 Å². The second-order valence-corrected chi connectivity index (χ2v) is 4.93. The van der Waals surface area contributed by atoms with E-state index in [-0.39, 0.29) is 0 Å². The summed E-state index contributed by atoms with van der Waals surface area (Å²) in [6.45, 7) is 0.651. The number of benzene rings is 1. The highest BCUT2D eigenvalue weighted by molar-refractivity contribution is 7.98. The van der Waals surface area contributed by atoms with Crippen LogP contribution in [0.2, 0.25) is 5.15 Å². The molecular formula is C13H14ClN3OS. The van der Waals surface area contributed by atoms with Gasteiger partial charge in [-0.1, -0.05) is 35.5 Å². The van der Waals surface area contributed by atoms with E-state index in [1.807, 2.05) is 30.5 Å². The van der Waals surface area contributed by atoms with Crippen molar-refractivity contribution >= 4 is 29.2 Å². The standard InChI is InChI=1S/C13H14ClN3OS/c1-18-10-5-3-4-9(6-10)8-15-12-7-11(14)16-13(17-12)19-2/h3-7H,8H2,1-2H3,(H,15,16,17). The van der Waals surface area contributed by atoms with E-state index in [4.69, 9.17) is 16.3 Å². The molecule has 0 saturated heterocycles. The van der Waals surface area contributed by atoms with Gasteiger partial charge in [0.15, 0.2) is 5.16 Å². The summed E-state index contributed by atoms with van der Waals surface area (Å²) in [5.41, 5.74) is 1.11. The van der Waals surface area contributed by atoms with Gasteiger partial charge >= 0.3 is 0 Å². The van der Waals surface area contributed by atoms with E-state index >= 15 is 0 Å². The molecule has 0 aliphatic carbocycles. The minimum Gasteiger partial charge on any atom is -0.497 e. The van der Waals surface area contributed by atoms with Crippen LogP contribution in [-0.4, -0.2) is 23.3 Å². The molecule has 0 aliphatic heterocycles. The first kappa shape index (κ1) is 14.0. The molecule has 4 nitrogen and oxygen atoms in total. The lowest BCUT2D eigenvalue weighted by Crippen LogP contribution is -2.03. The summed E-state index contributed by atoms with van der Waals surface area (Å²) in [5.74, 6) is 1.55. The number of thioether (sulfide) groups is 1. The Hall–Kier alpha value is -1.46. The second kappa shape index (κ2) is 6.63. The third-order valence-corrected chi connectivity index (χ3v) is 3.21. The van der Waals surface area contributed by atoms with Gasteiger partial charge in [0.25, 0.3) is 0 Å². The van der Waals surface area contributed by atoms with Gasteiger partial charge in [-0.3, -0.25) is 0 Å². The maximum absolute atomic E-state index is 5.93. The summed E-state index contributed by atoms with van der Waals surface area (Å²) in [6, 6.07) is 9.58. The Bertz CT molecular complexity index is 565. The summed E-state index contributed by atoms with van der Waals surface area (Å²) < 4.78 is 5.18. The zero-order chi connectivity index (χ0) is 13.7. The normalized spacial score (nSPS) is 10.3. The average Bonchev–Trinajstić information content (AvgIpc) is 2.44. The Morgan fingerprint density at radius 2 is 2.16 bits per heavy atom. The molecule has 0 atom stereocenters. The molecule has 0 spiro atoms. The van der Waals surface area contributed by atoms with Gasteiger partial charge in [-0.05, 0) is 24.0 Å². The number of hydrogen-bond donors (Lipinski definition) is 1. The van der Waals surface area contributed by atoms with Gasteiger partial charge in [0.05, 0.1) is 7.11 Å². The Morgan fingerprint density at radius 3 is 2.89 bits per heavy atom. The highest BCUT2D eigenvalue weighted by Gasteiger charge is 2.02. The Morgan fingerprint density at radius 1 is 1.32 bits per heavy atom. The van der Waals surface area contributed by atoms with E-state index in [1.54, 1.807) is 13.2 Å². The predicted molar refractivity (Wildman–Crippen MR) is 79.1 cm³/mol. The van der Waals surface area contributed by atoms with Crippen LogP contribution in [-0.2, 0) is 6.54 Å². The maximum atomic E-state index is 5.93. The quantitative estimate of drug-likeness (QED) is 0.520. The number of halogens is 1. The van der Waals surface area contributed by atoms with Crippen LogP contribution in [0.15, 0.2) is 35.5 Å². The highest BCUT2D eigenvalue weighted by Crippen LogP contribution is 2.18. The monoisotopic (exact) mass is 295 g/mol. The van der Waals surface area contributed by atoms with Gasteiger partial charge in [0.1, 0.15) is 16.7 Å². The van der Waals surface area contributed by atoms with Crippen LogP contribution in [0.1, 0.15) is 5.56 Å². The molecule has 1 aromatic heterocycles. The van der Waals surface area contributed by atoms with Crippen molar-refractivity contribution in [2.75, 3.05) is 18.7 Å². The van der Waals surface area contributed by atoms with Gasteiger partial charge < -0.3 is 10.1 Å². The average molecular weight is 296 g/mol. The first-order valence-electron chi connectivity index (χ1n) is 5.66. The first-order valence-corrected chi connectivity index (χ1v) is 7.27. The van der Waals surface area contributed by atoms with E-state index in [0.29, 0.717) is 22.7 Å². The van der Waals surface area contributed by atoms with Crippen LogP contribution in [0.3, 0.4) is 0 Å². The predicted octanol–water partition coefficient (Wildman–Crippen LogP) is 3.47. The van der Waals surface area contributed by atoms with Crippen molar-refractivity contribution in [2.45, 2.75) is 11.7 Å². The van der Waals surface area contributed by atoms with Crippen molar-refractivity contribution < 1.29 is 4.74 Å². The molecule has 2 aromatic rings. The van der Waals surface area contributed by atoms with E-state index in [1.165, 1.54) is 11.8 Å². The van der Waals surface area contributed by atoms with Gasteiger partial charge in [-0.15, -0.1) is 0 Å². The molecule has 6 heteroatoms. The molecule has 0 bridgehead atoms. The van der Waals surface area contributed by atoms with Gasteiger partial charge in [-0.25, -0.2) is 9.97 Å². The van der Waals surface area contributed by atoms with Crippen LogP contribution in [0.5, 0.6) is 5.75 Å². The van der Waals surface area contributed by atoms with E-state index in [0.717, 1.165) is 11.3 Å². The van der Waals surface area contributed by atoms with E-state index < -0.39 is 0 Å². The molecule has 2 rings (SSSR count). The summed E-state index contributed by atoms with van der Waals surface area (Å²) >= 11 is 7.39. The molecule has 19 heavy (non-hydrogen) atoms. The van der Waals surface area contributed by atoms with Gasteiger partial charge in [-0.2, -0.15) is 0 Å².